The van der Waals surface area contributed by atoms with Gasteiger partial charge in [-0.25, -0.2) is 14.8 Å². The van der Waals surface area contributed by atoms with E-state index in [0.29, 0.717) is 11.4 Å². The molecule has 14 heteroatoms. The zero-order valence-corrected chi connectivity index (χ0v) is 18.8. The molecule has 14 nitrogen and oxygen atoms in total. The van der Waals surface area contributed by atoms with Crippen molar-refractivity contribution >= 4 is 23.7 Å². The van der Waals surface area contributed by atoms with Crippen molar-refractivity contribution in [3.05, 3.63) is 36.4 Å². The van der Waals surface area contributed by atoms with Crippen LogP contribution in [0.2, 0.25) is 0 Å². The van der Waals surface area contributed by atoms with Crippen LogP contribution < -0.4 is 21.7 Å². The number of imidazole rings is 2. The Balaban J connectivity index is 2.18. The molecule has 0 aliphatic carbocycles. The van der Waals surface area contributed by atoms with Gasteiger partial charge in [-0.2, -0.15) is 0 Å². The number of hydrogen-bond acceptors (Lipinski definition) is 8. The number of aliphatic carboxylic acids is 1. The van der Waals surface area contributed by atoms with Gasteiger partial charge in [-0.05, 0) is 5.92 Å². The van der Waals surface area contributed by atoms with Crippen LogP contribution >= 0.6 is 0 Å². The summed E-state index contributed by atoms with van der Waals surface area (Å²) in [7, 11) is 0. The lowest BCUT2D eigenvalue weighted by Crippen LogP contribution is -2.59. The van der Waals surface area contributed by atoms with Gasteiger partial charge in [-0.3, -0.25) is 14.4 Å². The van der Waals surface area contributed by atoms with Gasteiger partial charge >= 0.3 is 5.97 Å². The molecule has 0 fully saturated rings. The van der Waals surface area contributed by atoms with E-state index in [1.165, 1.54) is 25.0 Å². The number of aliphatic hydroxyl groups is 1. The van der Waals surface area contributed by atoms with Gasteiger partial charge < -0.3 is 41.9 Å². The van der Waals surface area contributed by atoms with Gasteiger partial charge in [-0.15, -0.1) is 0 Å². The van der Waals surface area contributed by atoms with Crippen LogP contribution in [-0.2, 0) is 32.0 Å². The third-order valence-corrected chi connectivity index (χ3v) is 4.99. The largest absolute Gasteiger partial charge is 0.480 e. The van der Waals surface area contributed by atoms with E-state index in [-0.39, 0.29) is 18.8 Å². The summed E-state index contributed by atoms with van der Waals surface area (Å²) in [5.41, 5.74) is 6.54. The van der Waals surface area contributed by atoms with Crippen LogP contribution in [0.3, 0.4) is 0 Å². The Morgan fingerprint density at radius 2 is 1.44 bits per heavy atom. The maximum Gasteiger partial charge on any atom is 0.326 e. The summed E-state index contributed by atoms with van der Waals surface area (Å²) in [6, 6.07) is -4.72. The Hall–Kier alpha value is -3.78. The molecule has 4 unspecified atom stereocenters. The van der Waals surface area contributed by atoms with E-state index in [1.807, 2.05) is 0 Å². The molecule has 0 radical (unpaired) electrons. The standard InChI is InChI=1S/C20H30N8O6/c1-10(2)16(28-17(30)13(21)7-29)19(32)26-14(3-11-5-22-8-24-11)18(31)27-15(20(33)34)4-12-6-23-9-25-12/h5-6,8-10,13-16,29H,3-4,7,21H2,1-2H3,(H,22,24)(H,23,25)(H,26,32)(H,27,31)(H,28,30)(H,33,34). The van der Waals surface area contributed by atoms with Gasteiger partial charge in [0.15, 0.2) is 0 Å². The molecule has 4 atom stereocenters. The number of rotatable bonds is 13. The Morgan fingerprint density at radius 1 is 0.912 bits per heavy atom. The summed E-state index contributed by atoms with van der Waals surface area (Å²) in [4.78, 5) is 63.1. The highest BCUT2D eigenvalue weighted by Gasteiger charge is 2.32. The van der Waals surface area contributed by atoms with Gasteiger partial charge in [-0.1, -0.05) is 13.8 Å². The molecule has 0 saturated carbocycles. The van der Waals surface area contributed by atoms with Crippen LogP contribution in [-0.4, -0.2) is 84.6 Å². The molecule has 9 N–H and O–H groups in total. The minimum atomic E-state index is -1.28. The SMILES string of the molecule is CC(C)C(NC(=O)C(N)CO)C(=O)NC(Cc1cnc[nH]1)C(=O)NC(Cc1cnc[nH]1)C(=O)O. The second kappa shape index (κ2) is 12.5. The monoisotopic (exact) mass is 478 g/mol. The number of nitrogens with two attached hydrogens (primary N) is 1. The van der Waals surface area contributed by atoms with Crippen LogP contribution in [0.15, 0.2) is 25.0 Å². The number of aromatic amines is 2. The summed E-state index contributed by atoms with van der Waals surface area (Å²) in [5, 5.41) is 26.1. The lowest BCUT2D eigenvalue weighted by atomic mass is 10.0. The molecule has 0 bridgehead atoms. The maximum atomic E-state index is 13.0. The molecular formula is C20H30N8O6. The quantitative estimate of drug-likeness (QED) is 0.151. The van der Waals surface area contributed by atoms with Crippen LogP contribution in [0.25, 0.3) is 0 Å². The maximum absolute atomic E-state index is 13.0. The van der Waals surface area contributed by atoms with Crippen LogP contribution in [0.1, 0.15) is 25.2 Å². The van der Waals surface area contributed by atoms with Crippen LogP contribution in [0.5, 0.6) is 0 Å². The van der Waals surface area contributed by atoms with E-state index in [1.54, 1.807) is 13.8 Å². The second-order valence-corrected chi connectivity index (χ2v) is 8.04. The predicted molar refractivity (Wildman–Crippen MR) is 118 cm³/mol. The van der Waals surface area contributed by atoms with E-state index < -0.39 is 54.5 Å². The fraction of sp³-hybridized carbons (Fsp3) is 0.500. The summed E-state index contributed by atoms with van der Waals surface area (Å²) in [6.45, 7) is 2.77. The van der Waals surface area contributed by atoms with Crippen molar-refractivity contribution in [2.24, 2.45) is 11.7 Å². The van der Waals surface area contributed by atoms with E-state index in [0.717, 1.165) is 0 Å². The van der Waals surface area contributed by atoms with E-state index >= 15 is 0 Å². The van der Waals surface area contributed by atoms with Crippen molar-refractivity contribution in [3.63, 3.8) is 0 Å². The number of aliphatic hydroxyl groups excluding tert-OH is 1. The third-order valence-electron chi connectivity index (χ3n) is 4.99. The molecule has 0 aliphatic heterocycles. The molecule has 2 aromatic rings. The van der Waals surface area contributed by atoms with Crippen LogP contribution in [0.4, 0.5) is 0 Å². The molecule has 34 heavy (non-hydrogen) atoms. The molecule has 2 rings (SSSR count). The first-order valence-corrected chi connectivity index (χ1v) is 10.6. The molecule has 0 saturated heterocycles. The molecule has 0 spiro atoms. The first-order valence-electron chi connectivity index (χ1n) is 10.6. The topological polar surface area (TPSA) is 228 Å². The van der Waals surface area contributed by atoms with Gasteiger partial charge in [0.2, 0.25) is 17.7 Å². The average Bonchev–Trinajstić information content (AvgIpc) is 3.49. The number of carbonyl (C=O) groups excluding carboxylic acids is 3. The predicted octanol–water partition coefficient (Wildman–Crippen LogP) is -2.57. The smallest absolute Gasteiger partial charge is 0.326 e. The highest BCUT2D eigenvalue weighted by Crippen LogP contribution is 2.07. The Labute approximate surface area is 195 Å². The first kappa shape index (κ1) is 26.5. The molecule has 0 aliphatic rings. The van der Waals surface area contributed by atoms with Crippen molar-refractivity contribution in [1.82, 2.24) is 35.9 Å². The number of H-pyrrole nitrogens is 2. The molecule has 3 amide bonds. The summed E-state index contributed by atoms with van der Waals surface area (Å²) in [6.07, 6.45) is 5.64. The third kappa shape index (κ3) is 7.67. The summed E-state index contributed by atoms with van der Waals surface area (Å²) < 4.78 is 0. The number of nitrogens with zero attached hydrogens (tertiary/aromatic N) is 2. The van der Waals surface area contributed by atoms with Crippen molar-refractivity contribution in [2.45, 2.75) is 50.9 Å². The van der Waals surface area contributed by atoms with Crippen molar-refractivity contribution in [3.8, 4) is 0 Å². The van der Waals surface area contributed by atoms with Gasteiger partial charge in [0.1, 0.15) is 24.2 Å². The molecular weight excluding hydrogens is 448 g/mol. The van der Waals surface area contributed by atoms with Gasteiger partial charge in [0.25, 0.3) is 0 Å². The first-order chi connectivity index (χ1) is 16.1. The van der Waals surface area contributed by atoms with E-state index in [4.69, 9.17) is 10.8 Å². The Morgan fingerprint density at radius 3 is 1.88 bits per heavy atom. The highest BCUT2D eigenvalue weighted by atomic mass is 16.4. The fourth-order valence-corrected chi connectivity index (χ4v) is 3.05. The Bertz CT molecular complexity index is 946. The lowest BCUT2D eigenvalue weighted by molar-refractivity contribution is -0.142. The molecule has 2 aromatic heterocycles. The minimum absolute atomic E-state index is 0.0110. The summed E-state index contributed by atoms with van der Waals surface area (Å²) >= 11 is 0. The number of hydrogen-bond donors (Lipinski definition) is 8. The minimum Gasteiger partial charge on any atom is -0.480 e. The fourth-order valence-electron chi connectivity index (χ4n) is 3.05. The van der Waals surface area contributed by atoms with Crippen molar-refractivity contribution < 1.29 is 29.4 Å². The number of nitrogens with one attached hydrogen (secondary N) is 5. The average molecular weight is 479 g/mol. The number of carboxylic acids is 1. The van der Waals surface area contributed by atoms with Gasteiger partial charge in [0.05, 0.1) is 19.3 Å². The normalized spacial score (nSPS) is 14.6. The number of aromatic nitrogens is 4. The lowest BCUT2D eigenvalue weighted by Gasteiger charge is -2.26. The summed E-state index contributed by atoms with van der Waals surface area (Å²) in [5.74, 6) is -3.78. The number of amides is 3. The van der Waals surface area contributed by atoms with Gasteiger partial charge in [0, 0.05) is 36.6 Å². The zero-order valence-electron chi connectivity index (χ0n) is 18.8. The molecule has 2 heterocycles. The van der Waals surface area contributed by atoms with E-state index in [2.05, 4.69) is 35.9 Å². The van der Waals surface area contributed by atoms with Crippen molar-refractivity contribution in [1.29, 1.82) is 0 Å². The second-order valence-electron chi connectivity index (χ2n) is 8.04. The number of carboxylic acid groups (broad SMARTS) is 1. The van der Waals surface area contributed by atoms with Crippen molar-refractivity contribution in [2.75, 3.05) is 6.61 Å². The Kier molecular flexibility index (Phi) is 9.70. The molecule has 0 aromatic carbocycles. The molecule has 186 valence electrons. The highest BCUT2D eigenvalue weighted by molar-refractivity contribution is 5.94. The number of carbonyl (C=O) groups is 4. The van der Waals surface area contributed by atoms with Crippen LogP contribution in [0, 0.1) is 5.92 Å². The van der Waals surface area contributed by atoms with E-state index in [9.17, 15) is 24.3 Å². The zero-order chi connectivity index (χ0) is 25.3.